The third-order valence-electron chi connectivity index (χ3n) is 9.01. The lowest BCUT2D eigenvalue weighted by atomic mass is 9.89. The standard InChI is InChI=1S/C34H42N4O5S2/c1-22(2)29-17-25(20-44-29)32(41)38-14-15-43-34(21-38)9-12-37(13-10-34)19-24-5-3-4-23(16-24)8-11-35-18-28(40)26-6-7-27(39)30-31(26)45-33(42)36-30/h3-7,16-17,20,22,28,35,39-40H,8-15,18-19,21H2,1-2H3,(H,36,42)/t28-/m0/s1. The maximum Gasteiger partial charge on any atom is 0.305 e. The molecule has 240 valence electrons. The first-order chi connectivity index (χ1) is 21.7. The highest BCUT2D eigenvalue weighted by atomic mass is 32.1. The molecule has 0 saturated carbocycles. The summed E-state index contributed by atoms with van der Waals surface area (Å²) in [5.41, 5.74) is 4.06. The van der Waals surface area contributed by atoms with Crippen molar-refractivity contribution in [2.75, 3.05) is 45.9 Å². The fourth-order valence-corrected chi connectivity index (χ4v) is 8.23. The number of thiophene rings is 1. The Morgan fingerprint density at radius 2 is 1.93 bits per heavy atom. The maximum absolute atomic E-state index is 13.3. The fraction of sp³-hybridized carbons (Fsp3) is 0.471. The van der Waals surface area contributed by atoms with E-state index in [1.807, 2.05) is 10.3 Å². The molecular weight excluding hydrogens is 609 g/mol. The smallest absolute Gasteiger partial charge is 0.305 e. The molecule has 0 unspecified atom stereocenters. The first-order valence-corrected chi connectivity index (χ1v) is 17.4. The molecule has 2 fully saturated rings. The molecule has 4 aromatic rings. The van der Waals surface area contributed by atoms with Crippen LogP contribution in [0.2, 0.25) is 0 Å². The van der Waals surface area contributed by atoms with Gasteiger partial charge in [-0.15, -0.1) is 11.3 Å². The Labute approximate surface area is 271 Å². The number of aromatic nitrogens is 1. The van der Waals surface area contributed by atoms with Gasteiger partial charge in [-0.2, -0.15) is 0 Å². The van der Waals surface area contributed by atoms with Crippen LogP contribution in [0.4, 0.5) is 0 Å². The van der Waals surface area contributed by atoms with E-state index < -0.39 is 6.10 Å². The van der Waals surface area contributed by atoms with E-state index in [4.69, 9.17) is 4.74 Å². The number of thiazole rings is 1. The number of nitrogens with zero attached hydrogens (tertiary/aromatic N) is 2. The molecule has 0 aliphatic carbocycles. The van der Waals surface area contributed by atoms with Crippen molar-refractivity contribution in [3.05, 3.63) is 84.6 Å². The lowest BCUT2D eigenvalue weighted by Crippen LogP contribution is -2.57. The number of amides is 1. The monoisotopic (exact) mass is 650 g/mol. The summed E-state index contributed by atoms with van der Waals surface area (Å²) >= 11 is 2.67. The van der Waals surface area contributed by atoms with E-state index in [1.54, 1.807) is 17.4 Å². The molecule has 11 heteroatoms. The second-order valence-corrected chi connectivity index (χ2v) is 14.5. The molecular formula is C34H42N4O5S2. The molecule has 2 aromatic carbocycles. The summed E-state index contributed by atoms with van der Waals surface area (Å²) in [6.45, 7) is 10.0. The largest absolute Gasteiger partial charge is 0.506 e. The maximum atomic E-state index is 13.3. The minimum Gasteiger partial charge on any atom is -0.506 e. The van der Waals surface area contributed by atoms with Gasteiger partial charge < -0.3 is 30.2 Å². The van der Waals surface area contributed by atoms with Crippen LogP contribution in [0.1, 0.15) is 70.6 Å². The van der Waals surface area contributed by atoms with Gasteiger partial charge in [-0.05, 0) is 55.0 Å². The minimum atomic E-state index is -0.792. The van der Waals surface area contributed by atoms with Gasteiger partial charge in [0.25, 0.3) is 5.91 Å². The van der Waals surface area contributed by atoms with Crippen molar-refractivity contribution in [2.45, 2.75) is 57.3 Å². The average molecular weight is 651 g/mol. The van der Waals surface area contributed by atoms with E-state index in [0.29, 0.717) is 54.5 Å². The van der Waals surface area contributed by atoms with Gasteiger partial charge in [0, 0.05) is 48.5 Å². The molecule has 4 heterocycles. The van der Waals surface area contributed by atoms with Crippen LogP contribution < -0.4 is 10.2 Å². The number of fused-ring (bicyclic) bond motifs is 1. The van der Waals surface area contributed by atoms with E-state index in [9.17, 15) is 19.8 Å². The number of ether oxygens (including phenoxy) is 1. The summed E-state index contributed by atoms with van der Waals surface area (Å²) < 4.78 is 6.93. The Balaban J connectivity index is 0.967. The molecule has 1 amide bonds. The topological polar surface area (TPSA) is 118 Å². The summed E-state index contributed by atoms with van der Waals surface area (Å²) in [7, 11) is 0. The summed E-state index contributed by atoms with van der Waals surface area (Å²) in [4.78, 5) is 33.2. The number of aromatic amines is 1. The van der Waals surface area contributed by atoms with Crippen molar-refractivity contribution < 1.29 is 19.7 Å². The molecule has 2 saturated heterocycles. The van der Waals surface area contributed by atoms with Crippen LogP contribution in [0.25, 0.3) is 10.2 Å². The van der Waals surface area contributed by atoms with Gasteiger partial charge in [-0.3, -0.25) is 14.5 Å². The van der Waals surface area contributed by atoms with Crippen molar-refractivity contribution >= 4 is 38.8 Å². The zero-order chi connectivity index (χ0) is 31.6. The third kappa shape index (κ3) is 7.34. The number of aliphatic hydroxyl groups is 1. The van der Waals surface area contributed by atoms with Crippen LogP contribution in [0.3, 0.4) is 0 Å². The van der Waals surface area contributed by atoms with Crippen molar-refractivity contribution in [3.8, 4) is 5.75 Å². The second kappa shape index (κ2) is 13.7. The number of benzene rings is 2. The first kappa shape index (κ1) is 31.9. The van der Waals surface area contributed by atoms with Gasteiger partial charge in [0.2, 0.25) is 0 Å². The van der Waals surface area contributed by atoms with Crippen molar-refractivity contribution in [3.63, 3.8) is 0 Å². The molecule has 0 radical (unpaired) electrons. The predicted octanol–water partition coefficient (Wildman–Crippen LogP) is 4.85. The highest BCUT2D eigenvalue weighted by molar-refractivity contribution is 7.16. The Kier molecular flexibility index (Phi) is 9.74. The zero-order valence-corrected chi connectivity index (χ0v) is 27.5. The highest BCUT2D eigenvalue weighted by Gasteiger charge is 2.41. The summed E-state index contributed by atoms with van der Waals surface area (Å²) in [6, 6.07) is 13.9. The van der Waals surface area contributed by atoms with Gasteiger partial charge in [0.15, 0.2) is 0 Å². The fourth-order valence-electron chi connectivity index (χ4n) is 6.41. The zero-order valence-electron chi connectivity index (χ0n) is 25.9. The highest BCUT2D eigenvalue weighted by Crippen LogP contribution is 2.33. The third-order valence-corrected chi connectivity index (χ3v) is 11.2. The van der Waals surface area contributed by atoms with E-state index in [1.165, 1.54) is 22.1 Å². The van der Waals surface area contributed by atoms with Crippen LogP contribution >= 0.6 is 22.7 Å². The number of piperidine rings is 1. The van der Waals surface area contributed by atoms with Gasteiger partial charge >= 0.3 is 4.87 Å². The number of carbonyl (C=O) groups is 1. The molecule has 2 aliphatic rings. The number of hydrogen-bond acceptors (Lipinski definition) is 9. The number of aromatic hydroxyl groups is 1. The molecule has 2 aliphatic heterocycles. The summed E-state index contributed by atoms with van der Waals surface area (Å²) in [5.74, 6) is 0.561. The van der Waals surface area contributed by atoms with Gasteiger partial charge in [0.1, 0.15) is 11.3 Å². The molecule has 45 heavy (non-hydrogen) atoms. The van der Waals surface area contributed by atoms with Crippen LogP contribution in [0, 0.1) is 0 Å². The average Bonchev–Trinajstić information content (AvgIpc) is 3.69. The van der Waals surface area contributed by atoms with E-state index in [-0.39, 0.29) is 22.1 Å². The van der Waals surface area contributed by atoms with Gasteiger partial charge in [-0.25, -0.2) is 0 Å². The number of phenols is 1. The quantitative estimate of drug-likeness (QED) is 0.181. The molecule has 9 nitrogen and oxygen atoms in total. The first-order valence-electron chi connectivity index (χ1n) is 15.7. The van der Waals surface area contributed by atoms with Crippen molar-refractivity contribution in [1.29, 1.82) is 0 Å². The lowest BCUT2D eigenvalue weighted by Gasteiger charge is -2.47. The number of aliphatic hydroxyl groups excluding tert-OH is 1. The SMILES string of the molecule is CC(C)c1cc(C(=O)N2CCOC3(CCN(Cc4cccc(CCNC[C@H](O)c5ccc(O)c6[nH]c(=O)sc56)c4)CC3)C2)cs1. The number of morpholine rings is 1. The minimum absolute atomic E-state index is 0.00612. The predicted molar refractivity (Wildman–Crippen MR) is 180 cm³/mol. The molecule has 0 bridgehead atoms. The molecule has 1 spiro atoms. The summed E-state index contributed by atoms with van der Waals surface area (Å²) in [5, 5.41) is 26.1. The van der Waals surface area contributed by atoms with E-state index in [2.05, 4.69) is 59.4 Å². The van der Waals surface area contributed by atoms with Crippen LogP contribution in [0.15, 0.2) is 52.6 Å². The van der Waals surface area contributed by atoms with Gasteiger partial charge in [0.05, 0.1) is 35.1 Å². The Bertz CT molecular complexity index is 1690. The number of likely N-dealkylation sites (tertiary alicyclic amines) is 1. The van der Waals surface area contributed by atoms with Crippen LogP contribution in [0.5, 0.6) is 5.75 Å². The Morgan fingerprint density at radius 3 is 2.71 bits per heavy atom. The van der Waals surface area contributed by atoms with E-state index >= 15 is 0 Å². The molecule has 4 N–H and O–H groups in total. The second-order valence-electron chi connectivity index (χ2n) is 12.6. The van der Waals surface area contributed by atoms with E-state index in [0.717, 1.165) is 55.8 Å². The lowest BCUT2D eigenvalue weighted by molar-refractivity contribution is -0.127. The van der Waals surface area contributed by atoms with Gasteiger partial charge in [-0.1, -0.05) is 55.5 Å². The number of hydrogen-bond donors (Lipinski definition) is 4. The number of carbonyl (C=O) groups excluding carboxylic acids is 1. The number of phenolic OH excluding ortho intramolecular Hbond substituents is 1. The number of rotatable bonds is 10. The van der Waals surface area contributed by atoms with Crippen molar-refractivity contribution in [2.24, 2.45) is 0 Å². The number of nitrogens with one attached hydrogen (secondary N) is 2. The molecule has 1 atom stereocenters. The summed E-state index contributed by atoms with van der Waals surface area (Å²) in [6.07, 6.45) is 1.86. The van der Waals surface area contributed by atoms with Crippen LogP contribution in [-0.4, -0.2) is 82.4 Å². The van der Waals surface area contributed by atoms with Crippen molar-refractivity contribution in [1.82, 2.24) is 20.1 Å². The van der Waals surface area contributed by atoms with Crippen LogP contribution in [-0.2, 0) is 17.7 Å². The normalized spacial score (nSPS) is 17.8. The molecule has 2 aromatic heterocycles. The Morgan fingerprint density at radius 1 is 1.13 bits per heavy atom. The molecule has 6 rings (SSSR count). The number of H-pyrrole nitrogens is 1. The Hall–Kier alpha value is -3.06.